The zero-order valence-electron chi connectivity index (χ0n) is 15.8. The summed E-state index contributed by atoms with van der Waals surface area (Å²) < 4.78 is 0.982. The molecular formula is C22H18BrN7. The van der Waals surface area contributed by atoms with Crippen LogP contribution in [0.2, 0.25) is 0 Å². The Balaban J connectivity index is 1.57. The van der Waals surface area contributed by atoms with Gasteiger partial charge in [0.2, 0.25) is 17.8 Å². The maximum Gasteiger partial charge on any atom is 0.250 e. The van der Waals surface area contributed by atoms with Crippen molar-refractivity contribution in [2.75, 3.05) is 16.1 Å². The predicted octanol–water partition coefficient (Wildman–Crippen LogP) is 5.57. The minimum Gasteiger partial charge on any atom is -0.324 e. The maximum absolute atomic E-state index is 4.46. The van der Waals surface area contributed by atoms with E-state index in [1.54, 1.807) is 6.21 Å². The van der Waals surface area contributed by atoms with Crippen LogP contribution in [0.1, 0.15) is 5.56 Å². The minimum atomic E-state index is 0.313. The first-order valence-corrected chi connectivity index (χ1v) is 9.99. The van der Waals surface area contributed by atoms with E-state index in [0.29, 0.717) is 17.8 Å². The fourth-order valence-electron chi connectivity index (χ4n) is 2.59. The lowest BCUT2D eigenvalue weighted by molar-refractivity contribution is 1.04. The van der Waals surface area contributed by atoms with E-state index in [2.05, 4.69) is 52.0 Å². The van der Waals surface area contributed by atoms with E-state index in [1.165, 1.54) is 0 Å². The van der Waals surface area contributed by atoms with Gasteiger partial charge in [-0.25, -0.2) is 5.43 Å². The second-order valence-corrected chi connectivity index (χ2v) is 7.13. The zero-order chi connectivity index (χ0) is 20.6. The number of hydrogen-bond acceptors (Lipinski definition) is 7. The molecule has 3 N–H and O–H groups in total. The molecule has 0 unspecified atom stereocenters. The van der Waals surface area contributed by atoms with Crippen LogP contribution in [-0.2, 0) is 0 Å². The highest BCUT2D eigenvalue weighted by molar-refractivity contribution is 9.10. The molecule has 4 rings (SSSR count). The number of nitrogens with one attached hydrogen (secondary N) is 3. The van der Waals surface area contributed by atoms with Crippen molar-refractivity contribution in [2.24, 2.45) is 5.10 Å². The molecule has 1 aromatic heterocycles. The summed E-state index contributed by atoms with van der Waals surface area (Å²) >= 11 is 3.45. The molecule has 0 bridgehead atoms. The molecule has 148 valence electrons. The Morgan fingerprint density at radius 2 is 1.23 bits per heavy atom. The van der Waals surface area contributed by atoms with E-state index in [-0.39, 0.29) is 0 Å². The van der Waals surface area contributed by atoms with E-state index < -0.39 is 0 Å². The fourth-order valence-corrected chi connectivity index (χ4v) is 3.01. The summed E-state index contributed by atoms with van der Waals surface area (Å²) in [6.45, 7) is 0. The fraction of sp³-hybridized carbons (Fsp3) is 0. The monoisotopic (exact) mass is 459 g/mol. The summed E-state index contributed by atoms with van der Waals surface area (Å²) in [7, 11) is 0. The highest BCUT2D eigenvalue weighted by atomic mass is 79.9. The number of para-hydroxylation sites is 2. The van der Waals surface area contributed by atoms with Crippen LogP contribution >= 0.6 is 15.9 Å². The summed E-state index contributed by atoms with van der Waals surface area (Å²) in [6.07, 6.45) is 1.70. The van der Waals surface area contributed by atoms with E-state index in [0.717, 1.165) is 21.4 Å². The summed E-state index contributed by atoms with van der Waals surface area (Å²) in [6, 6.07) is 27.2. The van der Waals surface area contributed by atoms with Gasteiger partial charge in [-0.15, -0.1) is 0 Å². The number of hydrogen-bond donors (Lipinski definition) is 3. The van der Waals surface area contributed by atoms with Gasteiger partial charge in [-0.3, -0.25) is 0 Å². The molecule has 0 saturated carbocycles. The molecule has 0 aliphatic heterocycles. The predicted molar refractivity (Wildman–Crippen MR) is 125 cm³/mol. The van der Waals surface area contributed by atoms with Gasteiger partial charge in [0.05, 0.1) is 6.21 Å². The van der Waals surface area contributed by atoms with Crippen LogP contribution in [0.25, 0.3) is 0 Å². The molecule has 0 atom stereocenters. The first-order chi connectivity index (χ1) is 14.7. The van der Waals surface area contributed by atoms with Crippen LogP contribution < -0.4 is 16.1 Å². The normalized spacial score (nSPS) is 10.7. The lowest BCUT2D eigenvalue weighted by Gasteiger charge is -2.10. The van der Waals surface area contributed by atoms with Crippen LogP contribution in [-0.4, -0.2) is 21.2 Å². The number of rotatable bonds is 7. The third-order valence-electron chi connectivity index (χ3n) is 3.92. The van der Waals surface area contributed by atoms with Crippen molar-refractivity contribution < 1.29 is 0 Å². The standard InChI is InChI=1S/C22H18BrN7/c23-17-9-7-8-16(14-17)15-24-30-22-28-20(25-18-10-3-1-4-11-18)27-21(29-22)26-19-12-5-2-6-13-19/h1-15H,(H3,25,26,27,28,29,30)/b24-15+. The molecule has 3 aromatic carbocycles. The van der Waals surface area contributed by atoms with E-state index in [9.17, 15) is 0 Å². The second-order valence-electron chi connectivity index (χ2n) is 6.21. The molecule has 0 aliphatic rings. The zero-order valence-corrected chi connectivity index (χ0v) is 17.4. The van der Waals surface area contributed by atoms with Crippen molar-refractivity contribution in [3.05, 3.63) is 95.0 Å². The molecule has 0 spiro atoms. The van der Waals surface area contributed by atoms with Crippen LogP contribution in [0, 0.1) is 0 Å². The largest absolute Gasteiger partial charge is 0.324 e. The van der Waals surface area contributed by atoms with Crippen LogP contribution in [0.4, 0.5) is 29.2 Å². The number of anilines is 5. The molecule has 4 aromatic rings. The third kappa shape index (κ3) is 5.62. The van der Waals surface area contributed by atoms with Crippen LogP contribution in [0.3, 0.4) is 0 Å². The van der Waals surface area contributed by atoms with Gasteiger partial charge in [-0.05, 0) is 42.0 Å². The number of nitrogens with zero attached hydrogens (tertiary/aromatic N) is 4. The third-order valence-corrected chi connectivity index (χ3v) is 4.42. The molecule has 7 nitrogen and oxygen atoms in total. The minimum absolute atomic E-state index is 0.313. The van der Waals surface area contributed by atoms with Gasteiger partial charge in [-0.1, -0.05) is 64.5 Å². The smallest absolute Gasteiger partial charge is 0.250 e. The Bertz CT molecular complexity index is 1070. The molecule has 8 heteroatoms. The first kappa shape index (κ1) is 19.5. The van der Waals surface area contributed by atoms with Crippen molar-refractivity contribution in [2.45, 2.75) is 0 Å². The van der Waals surface area contributed by atoms with Crippen molar-refractivity contribution >= 4 is 51.4 Å². The lowest BCUT2D eigenvalue weighted by Crippen LogP contribution is -2.07. The Morgan fingerprint density at radius 3 is 1.80 bits per heavy atom. The van der Waals surface area contributed by atoms with Crippen molar-refractivity contribution in [3.63, 3.8) is 0 Å². The topological polar surface area (TPSA) is 87.1 Å². The summed E-state index contributed by atoms with van der Waals surface area (Å²) in [4.78, 5) is 13.3. The number of hydrazone groups is 1. The molecular weight excluding hydrogens is 442 g/mol. The van der Waals surface area contributed by atoms with Gasteiger partial charge in [-0.2, -0.15) is 20.1 Å². The average molecular weight is 460 g/mol. The lowest BCUT2D eigenvalue weighted by atomic mass is 10.2. The summed E-state index contributed by atoms with van der Waals surface area (Å²) in [5.41, 5.74) is 5.56. The van der Waals surface area contributed by atoms with E-state index in [4.69, 9.17) is 0 Å². The van der Waals surface area contributed by atoms with Crippen LogP contribution in [0.15, 0.2) is 94.5 Å². The molecule has 0 amide bonds. The Labute approximate surface area is 182 Å². The number of aromatic nitrogens is 3. The van der Waals surface area contributed by atoms with Crippen molar-refractivity contribution in [3.8, 4) is 0 Å². The van der Waals surface area contributed by atoms with E-state index in [1.807, 2.05) is 84.9 Å². The molecule has 1 heterocycles. The molecule has 30 heavy (non-hydrogen) atoms. The van der Waals surface area contributed by atoms with Gasteiger partial charge in [0.1, 0.15) is 0 Å². The second kappa shape index (κ2) is 9.62. The number of benzene rings is 3. The molecule has 0 radical (unpaired) electrons. The van der Waals surface area contributed by atoms with Crippen LogP contribution in [0.5, 0.6) is 0 Å². The highest BCUT2D eigenvalue weighted by Crippen LogP contribution is 2.18. The molecule has 0 aliphatic carbocycles. The first-order valence-electron chi connectivity index (χ1n) is 9.19. The SMILES string of the molecule is Brc1cccc(/C=N/Nc2nc(Nc3ccccc3)nc(Nc3ccccc3)n2)c1. The van der Waals surface area contributed by atoms with Gasteiger partial charge in [0, 0.05) is 15.8 Å². The Morgan fingerprint density at radius 1 is 0.667 bits per heavy atom. The van der Waals surface area contributed by atoms with Gasteiger partial charge < -0.3 is 10.6 Å². The average Bonchev–Trinajstić information content (AvgIpc) is 2.75. The van der Waals surface area contributed by atoms with E-state index >= 15 is 0 Å². The van der Waals surface area contributed by atoms with Crippen molar-refractivity contribution in [1.82, 2.24) is 15.0 Å². The van der Waals surface area contributed by atoms with Gasteiger partial charge >= 0.3 is 0 Å². The highest BCUT2D eigenvalue weighted by Gasteiger charge is 2.07. The van der Waals surface area contributed by atoms with Gasteiger partial charge in [0.15, 0.2) is 0 Å². The maximum atomic E-state index is 4.46. The number of halogens is 1. The Kier molecular flexibility index (Phi) is 6.26. The van der Waals surface area contributed by atoms with Crippen molar-refractivity contribution in [1.29, 1.82) is 0 Å². The molecule has 0 fully saturated rings. The quantitative estimate of drug-likeness (QED) is 0.247. The van der Waals surface area contributed by atoms with Gasteiger partial charge in [0.25, 0.3) is 0 Å². The summed E-state index contributed by atoms with van der Waals surface area (Å²) in [5.74, 6) is 1.11. The summed E-state index contributed by atoms with van der Waals surface area (Å²) in [5, 5.41) is 10.6. The molecule has 0 saturated heterocycles. The Hall–Kier alpha value is -3.78.